The summed E-state index contributed by atoms with van der Waals surface area (Å²) in [7, 11) is 1.57. The van der Waals surface area contributed by atoms with Crippen LogP contribution in [0.3, 0.4) is 0 Å². The maximum Gasteiger partial charge on any atom is 0.338 e. The van der Waals surface area contributed by atoms with Gasteiger partial charge in [0, 0.05) is 11.1 Å². The second-order valence-electron chi connectivity index (χ2n) is 4.74. The quantitative estimate of drug-likeness (QED) is 0.605. The lowest BCUT2D eigenvalue weighted by molar-refractivity contribution is 0.0502. The van der Waals surface area contributed by atoms with Gasteiger partial charge >= 0.3 is 5.97 Å². The van der Waals surface area contributed by atoms with Gasteiger partial charge in [-0.2, -0.15) is 0 Å². The van der Waals surface area contributed by atoms with Crippen molar-refractivity contribution in [2.24, 2.45) is 0 Å². The Kier molecular flexibility index (Phi) is 5.31. The topological polar surface area (TPSA) is 52.6 Å². The maximum atomic E-state index is 12.6. The van der Waals surface area contributed by atoms with Crippen LogP contribution in [-0.4, -0.2) is 25.5 Å². The standard InChI is InChI=1S/C18H18O4/c1-3-12-22-18(20)16-7-5-4-6-15(16)17(19)13-8-10-14(21-2)11-9-13/h4-11H,3,12H2,1-2H3. The second kappa shape index (κ2) is 7.41. The molecule has 22 heavy (non-hydrogen) atoms. The van der Waals surface area contributed by atoms with E-state index in [1.807, 2.05) is 6.92 Å². The fraction of sp³-hybridized carbons (Fsp3) is 0.222. The maximum absolute atomic E-state index is 12.6. The minimum Gasteiger partial charge on any atom is -0.497 e. The number of ether oxygens (including phenoxy) is 2. The number of hydrogen-bond acceptors (Lipinski definition) is 4. The molecule has 2 rings (SSSR count). The average Bonchev–Trinajstić information content (AvgIpc) is 2.59. The number of ketones is 1. The van der Waals surface area contributed by atoms with E-state index in [1.165, 1.54) is 0 Å². The normalized spacial score (nSPS) is 10.1. The zero-order valence-electron chi connectivity index (χ0n) is 12.7. The SMILES string of the molecule is CCCOC(=O)c1ccccc1C(=O)c1ccc(OC)cc1. The Morgan fingerprint density at radius 3 is 2.18 bits per heavy atom. The molecular formula is C18H18O4. The molecule has 0 aliphatic carbocycles. The highest BCUT2D eigenvalue weighted by Gasteiger charge is 2.18. The molecular weight excluding hydrogens is 280 g/mol. The first kappa shape index (κ1) is 15.8. The largest absolute Gasteiger partial charge is 0.497 e. The van der Waals surface area contributed by atoms with E-state index in [1.54, 1.807) is 55.6 Å². The van der Waals surface area contributed by atoms with Crippen LogP contribution in [0.15, 0.2) is 48.5 Å². The fourth-order valence-electron chi connectivity index (χ4n) is 2.03. The van der Waals surface area contributed by atoms with Gasteiger partial charge in [-0.25, -0.2) is 4.79 Å². The summed E-state index contributed by atoms with van der Waals surface area (Å²) in [6, 6.07) is 13.5. The molecule has 0 amide bonds. The highest BCUT2D eigenvalue weighted by Crippen LogP contribution is 2.18. The molecule has 0 aromatic heterocycles. The van der Waals surface area contributed by atoms with Crippen molar-refractivity contribution in [2.75, 3.05) is 13.7 Å². The van der Waals surface area contributed by atoms with E-state index in [-0.39, 0.29) is 11.3 Å². The molecule has 0 saturated heterocycles. The lowest BCUT2D eigenvalue weighted by atomic mass is 9.98. The molecule has 0 unspecified atom stereocenters. The minimum atomic E-state index is -0.473. The zero-order valence-corrected chi connectivity index (χ0v) is 12.7. The van der Waals surface area contributed by atoms with Gasteiger partial charge in [-0.05, 0) is 36.8 Å². The smallest absolute Gasteiger partial charge is 0.338 e. The number of esters is 1. The van der Waals surface area contributed by atoms with Crippen molar-refractivity contribution >= 4 is 11.8 Å². The molecule has 4 heteroatoms. The van der Waals surface area contributed by atoms with Crippen molar-refractivity contribution in [2.45, 2.75) is 13.3 Å². The molecule has 2 aromatic carbocycles. The highest BCUT2D eigenvalue weighted by atomic mass is 16.5. The van der Waals surface area contributed by atoms with Gasteiger partial charge in [-0.3, -0.25) is 4.79 Å². The molecule has 0 radical (unpaired) electrons. The van der Waals surface area contributed by atoms with E-state index in [9.17, 15) is 9.59 Å². The molecule has 0 heterocycles. The third-order valence-corrected chi connectivity index (χ3v) is 3.18. The number of carbonyl (C=O) groups is 2. The van der Waals surface area contributed by atoms with Gasteiger partial charge in [0.15, 0.2) is 5.78 Å². The molecule has 0 bridgehead atoms. The Morgan fingerprint density at radius 2 is 1.59 bits per heavy atom. The number of hydrogen-bond donors (Lipinski definition) is 0. The van der Waals surface area contributed by atoms with Crippen molar-refractivity contribution in [1.82, 2.24) is 0 Å². The Morgan fingerprint density at radius 1 is 0.955 bits per heavy atom. The molecule has 0 fully saturated rings. The minimum absolute atomic E-state index is 0.216. The van der Waals surface area contributed by atoms with Gasteiger partial charge in [0.05, 0.1) is 19.3 Å². The van der Waals surface area contributed by atoms with Gasteiger partial charge < -0.3 is 9.47 Å². The number of methoxy groups -OCH3 is 1. The monoisotopic (exact) mass is 298 g/mol. The fourth-order valence-corrected chi connectivity index (χ4v) is 2.03. The number of carbonyl (C=O) groups excluding carboxylic acids is 2. The summed E-state index contributed by atoms with van der Waals surface area (Å²) >= 11 is 0. The molecule has 0 atom stereocenters. The predicted octanol–water partition coefficient (Wildman–Crippen LogP) is 3.49. The van der Waals surface area contributed by atoms with Crippen LogP contribution in [0.4, 0.5) is 0 Å². The van der Waals surface area contributed by atoms with E-state index in [2.05, 4.69) is 0 Å². The van der Waals surface area contributed by atoms with Crippen LogP contribution in [0.1, 0.15) is 39.6 Å². The lowest BCUT2D eigenvalue weighted by Crippen LogP contribution is -2.13. The van der Waals surface area contributed by atoms with Crippen molar-refractivity contribution in [1.29, 1.82) is 0 Å². The molecule has 114 valence electrons. The van der Waals surface area contributed by atoms with Crippen molar-refractivity contribution in [3.05, 3.63) is 65.2 Å². The van der Waals surface area contributed by atoms with Gasteiger partial charge in [0.2, 0.25) is 0 Å². The number of rotatable bonds is 6. The summed E-state index contributed by atoms with van der Waals surface area (Å²) in [6.07, 6.45) is 0.736. The Balaban J connectivity index is 2.30. The van der Waals surface area contributed by atoms with E-state index < -0.39 is 5.97 Å². The van der Waals surface area contributed by atoms with Crippen molar-refractivity contribution in [3.63, 3.8) is 0 Å². The van der Waals surface area contributed by atoms with Crippen LogP contribution in [0.5, 0.6) is 5.75 Å². The predicted molar refractivity (Wildman–Crippen MR) is 83.4 cm³/mol. The third kappa shape index (κ3) is 3.52. The second-order valence-corrected chi connectivity index (χ2v) is 4.74. The van der Waals surface area contributed by atoms with Crippen LogP contribution < -0.4 is 4.74 Å². The summed E-state index contributed by atoms with van der Waals surface area (Å²) < 4.78 is 10.2. The van der Waals surface area contributed by atoms with Crippen molar-refractivity contribution < 1.29 is 19.1 Å². The first-order valence-electron chi connectivity index (χ1n) is 7.12. The highest BCUT2D eigenvalue weighted by molar-refractivity contribution is 6.14. The first-order chi connectivity index (χ1) is 10.7. The molecule has 0 aliphatic rings. The van der Waals surface area contributed by atoms with Gasteiger partial charge in [0.25, 0.3) is 0 Å². The van der Waals surface area contributed by atoms with Gasteiger partial charge in [-0.15, -0.1) is 0 Å². The van der Waals surface area contributed by atoms with E-state index >= 15 is 0 Å². The molecule has 4 nitrogen and oxygen atoms in total. The first-order valence-corrected chi connectivity index (χ1v) is 7.12. The molecule has 2 aromatic rings. The molecule has 0 spiro atoms. The van der Waals surface area contributed by atoms with E-state index in [4.69, 9.17) is 9.47 Å². The summed E-state index contributed by atoms with van der Waals surface area (Å²) in [5.74, 6) is -0.0156. The van der Waals surface area contributed by atoms with Crippen LogP contribution in [0.2, 0.25) is 0 Å². The van der Waals surface area contributed by atoms with Crippen LogP contribution in [0, 0.1) is 0 Å². The lowest BCUT2D eigenvalue weighted by Gasteiger charge is -2.09. The van der Waals surface area contributed by atoms with Crippen LogP contribution >= 0.6 is 0 Å². The summed E-state index contributed by atoms with van der Waals surface area (Å²) in [5.41, 5.74) is 1.13. The third-order valence-electron chi connectivity index (χ3n) is 3.18. The van der Waals surface area contributed by atoms with E-state index in [0.29, 0.717) is 23.5 Å². The Hall–Kier alpha value is -2.62. The van der Waals surface area contributed by atoms with Gasteiger partial charge in [-0.1, -0.05) is 25.1 Å². The average molecular weight is 298 g/mol. The zero-order chi connectivity index (χ0) is 15.9. The number of benzene rings is 2. The van der Waals surface area contributed by atoms with Crippen LogP contribution in [0.25, 0.3) is 0 Å². The van der Waals surface area contributed by atoms with Crippen LogP contribution in [-0.2, 0) is 4.74 Å². The molecule has 0 aliphatic heterocycles. The summed E-state index contributed by atoms with van der Waals surface area (Å²) in [6.45, 7) is 2.26. The summed E-state index contributed by atoms with van der Waals surface area (Å²) in [5, 5.41) is 0. The Bertz CT molecular complexity index is 659. The molecule has 0 N–H and O–H groups in total. The Labute approximate surface area is 129 Å². The summed E-state index contributed by atoms with van der Waals surface area (Å²) in [4.78, 5) is 24.7. The molecule has 0 saturated carbocycles. The van der Waals surface area contributed by atoms with E-state index in [0.717, 1.165) is 6.42 Å². The van der Waals surface area contributed by atoms with Crippen molar-refractivity contribution in [3.8, 4) is 5.75 Å². The van der Waals surface area contributed by atoms with Gasteiger partial charge in [0.1, 0.15) is 5.75 Å².